The van der Waals surface area contributed by atoms with Crippen molar-refractivity contribution >= 4 is 11.9 Å². The smallest absolute Gasteiger partial charge is 0.337 e. The van der Waals surface area contributed by atoms with Gasteiger partial charge in [0.2, 0.25) is 6.29 Å². The van der Waals surface area contributed by atoms with Crippen LogP contribution in [0.3, 0.4) is 0 Å². The van der Waals surface area contributed by atoms with Gasteiger partial charge in [0.15, 0.2) is 6.10 Å². The molecule has 4 atom stereocenters. The van der Waals surface area contributed by atoms with Gasteiger partial charge in [0.05, 0.1) is 26.4 Å². The number of esters is 1. The number of methoxy groups -OCH3 is 1. The van der Waals surface area contributed by atoms with E-state index < -0.39 is 30.5 Å². The molecule has 2 aliphatic rings. The van der Waals surface area contributed by atoms with Crippen LogP contribution in [-0.2, 0) is 41.7 Å². The van der Waals surface area contributed by atoms with Crippen LogP contribution in [0.15, 0.2) is 60.7 Å². The maximum absolute atomic E-state index is 13.0. The molecule has 7 nitrogen and oxygen atoms in total. The molecular formula is C22H23NO6. The Morgan fingerprint density at radius 1 is 1.00 bits per heavy atom. The zero-order valence-corrected chi connectivity index (χ0v) is 16.1. The number of ether oxygens (including phenoxy) is 4. The van der Waals surface area contributed by atoms with Gasteiger partial charge in [-0.1, -0.05) is 60.7 Å². The molecule has 2 heterocycles. The van der Waals surface area contributed by atoms with Crippen LogP contribution in [0, 0.1) is 0 Å². The summed E-state index contributed by atoms with van der Waals surface area (Å²) in [5.74, 6) is -0.871. The monoisotopic (exact) mass is 397 g/mol. The third-order valence-electron chi connectivity index (χ3n) is 5.14. The van der Waals surface area contributed by atoms with Crippen LogP contribution in [0.2, 0.25) is 0 Å². The number of hydrogen-bond donors (Lipinski definition) is 0. The fraction of sp³-hybridized carbons (Fsp3) is 0.364. The number of nitrogens with zero attached hydrogens (tertiary/aromatic N) is 1. The highest BCUT2D eigenvalue weighted by atomic mass is 16.8. The minimum atomic E-state index is -1.10. The first kappa shape index (κ1) is 19.6. The van der Waals surface area contributed by atoms with Gasteiger partial charge >= 0.3 is 5.97 Å². The maximum Gasteiger partial charge on any atom is 0.337 e. The van der Waals surface area contributed by atoms with Gasteiger partial charge in [0, 0.05) is 6.54 Å². The first-order valence-electron chi connectivity index (χ1n) is 9.52. The van der Waals surface area contributed by atoms with Gasteiger partial charge in [0.25, 0.3) is 5.91 Å². The second-order valence-electron chi connectivity index (χ2n) is 7.03. The number of amides is 1. The van der Waals surface area contributed by atoms with E-state index in [1.165, 1.54) is 7.11 Å². The van der Waals surface area contributed by atoms with Crippen molar-refractivity contribution in [1.82, 2.24) is 4.90 Å². The number of morpholine rings is 1. The zero-order chi connectivity index (χ0) is 20.2. The maximum atomic E-state index is 13.0. The number of rotatable bonds is 7. The van der Waals surface area contributed by atoms with E-state index in [-0.39, 0.29) is 12.5 Å². The molecule has 0 aromatic heterocycles. The molecule has 2 bridgehead atoms. The molecule has 0 N–H and O–H groups in total. The van der Waals surface area contributed by atoms with Gasteiger partial charge in [-0.05, 0) is 11.1 Å². The standard InChI is InChI=1S/C22H23NO6/c1-26-21(25)19-18-17(14-27-13-16-10-6-3-7-11-16)23(20(24)22(28-18)29-19)12-15-8-4-2-5-9-15/h2-11,17-19,22H,12-14H2,1H3/t17-,18+,19-,22-/m1/s1. The lowest BCUT2D eigenvalue weighted by Crippen LogP contribution is -2.58. The van der Waals surface area contributed by atoms with Crippen LogP contribution in [0.4, 0.5) is 0 Å². The molecule has 0 radical (unpaired) electrons. The van der Waals surface area contributed by atoms with E-state index >= 15 is 0 Å². The molecule has 0 unspecified atom stereocenters. The van der Waals surface area contributed by atoms with Gasteiger partial charge in [-0.2, -0.15) is 0 Å². The average molecular weight is 397 g/mol. The molecule has 0 saturated carbocycles. The van der Waals surface area contributed by atoms with E-state index in [1.807, 2.05) is 60.7 Å². The van der Waals surface area contributed by atoms with Crippen LogP contribution >= 0.6 is 0 Å². The van der Waals surface area contributed by atoms with Gasteiger partial charge < -0.3 is 23.8 Å². The molecular weight excluding hydrogens is 374 g/mol. The SMILES string of the molecule is COC(=O)[C@@H]1O[C@H]2O[C@H]1[C@@H](COCc1ccccc1)N(Cc1ccccc1)C2=O. The summed E-state index contributed by atoms with van der Waals surface area (Å²) in [5.41, 5.74) is 2.00. The van der Waals surface area contributed by atoms with E-state index in [1.54, 1.807) is 4.90 Å². The molecule has 2 aromatic carbocycles. The second kappa shape index (κ2) is 8.73. The largest absolute Gasteiger partial charge is 0.467 e. The van der Waals surface area contributed by atoms with Crippen molar-refractivity contribution in [3.63, 3.8) is 0 Å². The van der Waals surface area contributed by atoms with Crippen molar-refractivity contribution in [1.29, 1.82) is 0 Å². The summed E-state index contributed by atoms with van der Waals surface area (Å²) in [7, 11) is 1.29. The van der Waals surface area contributed by atoms with Crippen molar-refractivity contribution in [2.45, 2.75) is 37.7 Å². The Bertz CT molecular complexity index is 843. The lowest BCUT2D eigenvalue weighted by atomic mass is 10.0. The third-order valence-corrected chi connectivity index (χ3v) is 5.14. The molecule has 2 fully saturated rings. The molecule has 2 aromatic rings. The normalized spacial score (nSPS) is 25.8. The summed E-state index contributed by atoms with van der Waals surface area (Å²) >= 11 is 0. The predicted octanol–water partition coefficient (Wildman–Crippen LogP) is 1.90. The Balaban J connectivity index is 1.54. The lowest BCUT2D eigenvalue weighted by Gasteiger charge is -2.38. The van der Waals surface area contributed by atoms with E-state index in [0.717, 1.165) is 11.1 Å². The quantitative estimate of drug-likeness (QED) is 0.665. The molecule has 1 amide bonds. The van der Waals surface area contributed by atoms with Crippen molar-refractivity contribution < 1.29 is 28.5 Å². The minimum absolute atomic E-state index is 0.210. The Morgan fingerprint density at radius 3 is 2.31 bits per heavy atom. The third kappa shape index (κ3) is 4.17. The van der Waals surface area contributed by atoms with Crippen LogP contribution in [0.1, 0.15) is 11.1 Å². The Morgan fingerprint density at radius 2 is 1.66 bits per heavy atom. The van der Waals surface area contributed by atoms with E-state index in [2.05, 4.69) is 0 Å². The average Bonchev–Trinajstić information content (AvgIpc) is 3.17. The highest BCUT2D eigenvalue weighted by Gasteiger charge is 2.56. The van der Waals surface area contributed by atoms with Gasteiger partial charge in [0.1, 0.15) is 6.10 Å². The molecule has 4 rings (SSSR count). The van der Waals surface area contributed by atoms with Crippen LogP contribution in [0.25, 0.3) is 0 Å². The summed E-state index contributed by atoms with van der Waals surface area (Å²) in [6.45, 7) is 0.985. The van der Waals surface area contributed by atoms with E-state index in [4.69, 9.17) is 18.9 Å². The predicted molar refractivity (Wildman–Crippen MR) is 102 cm³/mol. The van der Waals surface area contributed by atoms with Crippen molar-refractivity contribution in [3.05, 3.63) is 71.8 Å². The first-order valence-corrected chi connectivity index (χ1v) is 9.52. The lowest BCUT2D eigenvalue weighted by molar-refractivity contribution is -0.183. The second-order valence-corrected chi connectivity index (χ2v) is 7.03. The van der Waals surface area contributed by atoms with E-state index in [9.17, 15) is 9.59 Å². The zero-order valence-electron chi connectivity index (χ0n) is 16.1. The molecule has 0 spiro atoms. The van der Waals surface area contributed by atoms with Crippen molar-refractivity contribution in [2.24, 2.45) is 0 Å². The minimum Gasteiger partial charge on any atom is -0.467 e. The van der Waals surface area contributed by atoms with Gasteiger partial charge in [-0.3, -0.25) is 4.79 Å². The molecule has 29 heavy (non-hydrogen) atoms. The van der Waals surface area contributed by atoms with Crippen LogP contribution < -0.4 is 0 Å². The summed E-state index contributed by atoms with van der Waals surface area (Å²) in [5, 5.41) is 0. The summed E-state index contributed by atoms with van der Waals surface area (Å²) in [6.07, 6.45) is -2.71. The number of hydrogen-bond acceptors (Lipinski definition) is 6. The first-order chi connectivity index (χ1) is 14.2. The van der Waals surface area contributed by atoms with E-state index in [0.29, 0.717) is 13.2 Å². The Kier molecular flexibility index (Phi) is 5.89. The fourth-order valence-electron chi connectivity index (χ4n) is 3.68. The van der Waals surface area contributed by atoms with Crippen LogP contribution in [0.5, 0.6) is 0 Å². The highest BCUT2D eigenvalue weighted by molar-refractivity contribution is 5.84. The number of benzene rings is 2. The number of fused-ring (bicyclic) bond motifs is 2. The molecule has 7 heteroatoms. The molecule has 0 aliphatic carbocycles. The highest BCUT2D eigenvalue weighted by Crippen LogP contribution is 2.33. The molecule has 2 aliphatic heterocycles. The van der Waals surface area contributed by atoms with Crippen molar-refractivity contribution in [3.8, 4) is 0 Å². The van der Waals surface area contributed by atoms with Crippen LogP contribution in [-0.4, -0.2) is 55.0 Å². The Labute approximate surface area is 169 Å². The van der Waals surface area contributed by atoms with Gasteiger partial charge in [-0.25, -0.2) is 4.79 Å². The summed E-state index contributed by atoms with van der Waals surface area (Å²) in [4.78, 5) is 26.8. The number of carbonyl (C=O) groups excluding carboxylic acids is 2. The molecule has 152 valence electrons. The summed E-state index contributed by atoms with van der Waals surface area (Å²) < 4.78 is 22.0. The molecule has 2 saturated heterocycles. The fourth-order valence-corrected chi connectivity index (χ4v) is 3.68. The number of carbonyl (C=O) groups is 2. The van der Waals surface area contributed by atoms with Gasteiger partial charge in [-0.15, -0.1) is 0 Å². The Hall–Kier alpha value is -2.74. The van der Waals surface area contributed by atoms with Crippen molar-refractivity contribution in [2.75, 3.05) is 13.7 Å². The summed E-state index contributed by atoms with van der Waals surface area (Å²) in [6, 6.07) is 18.9. The topological polar surface area (TPSA) is 74.3 Å².